The second-order valence-electron chi connectivity index (χ2n) is 3.54. The summed E-state index contributed by atoms with van der Waals surface area (Å²) in [5, 5.41) is 12.9. The topological polar surface area (TPSA) is 65.8 Å². The molecule has 1 amide bonds. The first-order valence-electron chi connectivity index (χ1n) is 5.32. The SMILES string of the molecule is N#CCCNC(=O)c1nccc2ccccc12. The van der Waals surface area contributed by atoms with Crippen molar-refractivity contribution in [2.24, 2.45) is 0 Å². The van der Waals surface area contributed by atoms with Crippen LogP contribution in [0.4, 0.5) is 0 Å². The third kappa shape index (κ3) is 2.40. The van der Waals surface area contributed by atoms with Gasteiger partial charge in [-0.1, -0.05) is 24.3 Å². The Morgan fingerprint density at radius 2 is 2.18 bits per heavy atom. The number of amides is 1. The van der Waals surface area contributed by atoms with E-state index in [2.05, 4.69) is 10.3 Å². The summed E-state index contributed by atoms with van der Waals surface area (Å²) < 4.78 is 0. The Bertz CT molecular complexity index is 581. The van der Waals surface area contributed by atoms with E-state index in [4.69, 9.17) is 5.26 Å². The molecule has 0 radical (unpaired) electrons. The first-order valence-corrected chi connectivity index (χ1v) is 5.32. The van der Waals surface area contributed by atoms with Crippen molar-refractivity contribution in [3.8, 4) is 6.07 Å². The Morgan fingerprint density at radius 1 is 1.35 bits per heavy atom. The zero-order valence-corrected chi connectivity index (χ0v) is 9.18. The number of aromatic nitrogens is 1. The van der Waals surface area contributed by atoms with Crippen molar-refractivity contribution in [3.05, 3.63) is 42.2 Å². The van der Waals surface area contributed by atoms with Crippen LogP contribution in [-0.4, -0.2) is 17.4 Å². The van der Waals surface area contributed by atoms with E-state index in [1.54, 1.807) is 6.20 Å². The van der Waals surface area contributed by atoms with Gasteiger partial charge in [0.25, 0.3) is 5.91 Å². The molecule has 4 nitrogen and oxygen atoms in total. The Kier molecular flexibility index (Phi) is 3.31. The summed E-state index contributed by atoms with van der Waals surface area (Å²) in [7, 11) is 0. The largest absolute Gasteiger partial charge is 0.350 e. The molecule has 1 aromatic carbocycles. The van der Waals surface area contributed by atoms with Crippen molar-refractivity contribution in [1.82, 2.24) is 10.3 Å². The standard InChI is InChI=1S/C13H11N3O/c14-7-3-8-16-13(17)12-11-5-2-1-4-10(11)6-9-15-12/h1-2,4-6,9H,3,8H2,(H,16,17). The smallest absolute Gasteiger partial charge is 0.270 e. The molecule has 2 rings (SSSR count). The molecule has 0 bridgehead atoms. The highest BCUT2D eigenvalue weighted by Crippen LogP contribution is 2.15. The van der Waals surface area contributed by atoms with Gasteiger partial charge in [-0.25, -0.2) is 0 Å². The van der Waals surface area contributed by atoms with E-state index in [9.17, 15) is 4.79 Å². The van der Waals surface area contributed by atoms with Gasteiger partial charge < -0.3 is 5.32 Å². The highest BCUT2D eigenvalue weighted by Gasteiger charge is 2.10. The Morgan fingerprint density at radius 3 is 3.00 bits per heavy atom. The third-order valence-corrected chi connectivity index (χ3v) is 2.41. The number of nitrogens with zero attached hydrogens (tertiary/aromatic N) is 2. The molecule has 0 aliphatic carbocycles. The van der Waals surface area contributed by atoms with Gasteiger partial charge in [-0.3, -0.25) is 9.78 Å². The van der Waals surface area contributed by atoms with Crippen LogP contribution in [0.25, 0.3) is 10.8 Å². The average molecular weight is 225 g/mol. The van der Waals surface area contributed by atoms with Crippen molar-refractivity contribution >= 4 is 16.7 Å². The van der Waals surface area contributed by atoms with Crippen molar-refractivity contribution in [2.75, 3.05) is 6.54 Å². The normalized spacial score (nSPS) is 9.82. The number of fused-ring (bicyclic) bond motifs is 1. The van der Waals surface area contributed by atoms with E-state index in [-0.39, 0.29) is 5.91 Å². The lowest BCUT2D eigenvalue weighted by molar-refractivity contribution is 0.0951. The maximum absolute atomic E-state index is 11.9. The predicted octanol–water partition coefficient (Wildman–Crippen LogP) is 1.88. The maximum atomic E-state index is 11.9. The third-order valence-electron chi connectivity index (χ3n) is 2.41. The summed E-state index contributed by atoms with van der Waals surface area (Å²) in [6.07, 6.45) is 1.91. The van der Waals surface area contributed by atoms with E-state index in [1.807, 2.05) is 36.4 Å². The molecule has 0 saturated heterocycles. The van der Waals surface area contributed by atoms with Crippen molar-refractivity contribution < 1.29 is 4.79 Å². The van der Waals surface area contributed by atoms with Gasteiger partial charge in [-0.15, -0.1) is 0 Å². The minimum Gasteiger partial charge on any atom is -0.350 e. The fourth-order valence-electron chi connectivity index (χ4n) is 1.62. The molecular weight excluding hydrogens is 214 g/mol. The Hall–Kier alpha value is -2.41. The molecule has 0 unspecified atom stereocenters. The number of rotatable bonds is 3. The first kappa shape index (κ1) is 11.1. The number of carbonyl (C=O) groups is 1. The van der Waals surface area contributed by atoms with Gasteiger partial charge in [-0.2, -0.15) is 5.26 Å². The van der Waals surface area contributed by atoms with Crippen LogP contribution in [-0.2, 0) is 0 Å². The quantitative estimate of drug-likeness (QED) is 0.811. The zero-order valence-electron chi connectivity index (χ0n) is 9.18. The number of carbonyl (C=O) groups excluding carboxylic acids is 1. The Labute approximate surface area is 98.9 Å². The van der Waals surface area contributed by atoms with E-state index < -0.39 is 0 Å². The van der Waals surface area contributed by atoms with Gasteiger partial charge in [0.15, 0.2) is 0 Å². The molecule has 1 heterocycles. The number of hydrogen-bond donors (Lipinski definition) is 1. The van der Waals surface area contributed by atoms with E-state index >= 15 is 0 Å². The molecule has 4 heteroatoms. The molecule has 0 fully saturated rings. The molecule has 0 spiro atoms. The number of hydrogen-bond acceptors (Lipinski definition) is 3. The van der Waals surface area contributed by atoms with E-state index in [0.29, 0.717) is 18.7 Å². The molecule has 1 N–H and O–H groups in total. The predicted molar refractivity (Wildman–Crippen MR) is 64.3 cm³/mol. The highest BCUT2D eigenvalue weighted by atomic mass is 16.1. The Balaban J connectivity index is 2.29. The lowest BCUT2D eigenvalue weighted by Crippen LogP contribution is -2.25. The molecule has 84 valence electrons. The molecule has 0 aliphatic rings. The summed E-state index contributed by atoms with van der Waals surface area (Å²) in [6, 6.07) is 11.4. The fraction of sp³-hybridized carbons (Fsp3) is 0.154. The molecule has 1 aromatic heterocycles. The summed E-state index contributed by atoms with van der Waals surface area (Å²) in [5.41, 5.74) is 0.404. The molecule has 0 aliphatic heterocycles. The molecule has 17 heavy (non-hydrogen) atoms. The number of nitrogens with one attached hydrogen (secondary N) is 1. The summed E-state index contributed by atoms with van der Waals surface area (Å²) in [4.78, 5) is 15.9. The minimum absolute atomic E-state index is 0.239. The zero-order chi connectivity index (χ0) is 12.1. The first-order chi connectivity index (χ1) is 8.33. The van der Waals surface area contributed by atoms with Crippen molar-refractivity contribution in [2.45, 2.75) is 6.42 Å². The molecule has 0 atom stereocenters. The number of benzene rings is 1. The molecular formula is C13H11N3O. The van der Waals surface area contributed by atoms with Crippen LogP contribution in [0.15, 0.2) is 36.5 Å². The summed E-state index contributed by atoms with van der Waals surface area (Å²) >= 11 is 0. The monoisotopic (exact) mass is 225 g/mol. The van der Waals surface area contributed by atoms with Crippen molar-refractivity contribution in [3.63, 3.8) is 0 Å². The van der Waals surface area contributed by atoms with Crippen LogP contribution in [0.3, 0.4) is 0 Å². The average Bonchev–Trinajstić information content (AvgIpc) is 2.38. The summed E-state index contributed by atoms with van der Waals surface area (Å²) in [5.74, 6) is -0.239. The van der Waals surface area contributed by atoms with Gasteiger partial charge in [0, 0.05) is 18.1 Å². The van der Waals surface area contributed by atoms with Crippen LogP contribution in [0.5, 0.6) is 0 Å². The van der Waals surface area contributed by atoms with E-state index in [1.165, 1.54) is 0 Å². The lowest BCUT2D eigenvalue weighted by atomic mass is 10.1. The summed E-state index contributed by atoms with van der Waals surface area (Å²) in [6.45, 7) is 0.347. The van der Waals surface area contributed by atoms with Crippen LogP contribution >= 0.6 is 0 Å². The van der Waals surface area contributed by atoms with Gasteiger partial charge >= 0.3 is 0 Å². The van der Waals surface area contributed by atoms with Crippen LogP contribution in [0.2, 0.25) is 0 Å². The lowest BCUT2D eigenvalue weighted by Gasteiger charge is -2.05. The van der Waals surface area contributed by atoms with Gasteiger partial charge in [-0.05, 0) is 11.5 Å². The number of pyridine rings is 1. The molecule has 2 aromatic rings. The van der Waals surface area contributed by atoms with Crippen LogP contribution in [0, 0.1) is 11.3 Å². The van der Waals surface area contributed by atoms with Gasteiger partial charge in [0.2, 0.25) is 0 Å². The highest BCUT2D eigenvalue weighted by molar-refractivity contribution is 6.05. The van der Waals surface area contributed by atoms with Gasteiger partial charge in [0.05, 0.1) is 12.5 Å². The second kappa shape index (κ2) is 5.08. The van der Waals surface area contributed by atoms with Gasteiger partial charge in [0.1, 0.15) is 5.69 Å². The molecule has 0 saturated carbocycles. The van der Waals surface area contributed by atoms with E-state index in [0.717, 1.165) is 10.8 Å². The van der Waals surface area contributed by atoms with Crippen LogP contribution in [0.1, 0.15) is 16.9 Å². The second-order valence-corrected chi connectivity index (χ2v) is 3.54. The van der Waals surface area contributed by atoms with Crippen LogP contribution < -0.4 is 5.32 Å². The fourth-order valence-corrected chi connectivity index (χ4v) is 1.62. The number of nitriles is 1. The minimum atomic E-state index is -0.239. The van der Waals surface area contributed by atoms with Crippen molar-refractivity contribution in [1.29, 1.82) is 5.26 Å². The maximum Gasteiger partial charge on any atom is 0.270 e.